The lowest BCUT2D eigenvalue weighted by molar-refractivity contribution is 0.450. The first kappa shape index (κ1) is 7.35. The fourth-order valence-electron chi connectivity index (χ4n) is 0.970. The minimum Gasteiger partial charge on any atom is -0.492 e. The van der Waals surface area contributed by atoms with Gasteiger partial charge in [0.1, 0.15) is 4.60 Å². The predicted molar refractivity (Wildman–Crippen MR) is 46.8 cm³/mol. The molecule has 0 saturated heterocycles. The summed E-state index contributed by atoms with van der Waals surface area (Å²) in [6, 6.07) is 0. The number of imidazole rings is 1. The first-order valence-corrected chi connectivity index (χ1v) is 3.96. The molecular formula is C6H5BrN4O. The zero-order valence-corrected chi connectivity index (χ0v) is 7.48. The molecule has 2 aromatic rings. The van der Waals surface area contributed by atoms with Crippen molar-refractivity contribution in [1.29, 1.82) is 0 Å². The Labute approximate surface area is 76.0 Å². The molecule has 0 saturated carbocycles. The Bertz CT molecular complexity index is 438. The molecule has 0 spiro atoms. The fraction of sp³-hybridized carbons (Fsp3) is 0. The van der Waals surface area contributed by atoms with Gasteiger partial charge in [-0.15, -0.1) is 0 Å². The lowest BCUT2D eigenvalue weighted by atomic mass is 10.6. The van der Waals surface area contributed by atoms with Gasteiger partial charge in [0.2, 0.25) is 5.88 Å². The van der Waals surface area contributed by atoms with Gasteiger partial charge in [-0.25, -0.2) is 4.98 Å². The van der Waals surface area contributed by atoms with E-state index in [1.54, 1.807) is 10.6 Å². The highest BCUT2D eigenvalue weighted by molar-refractivity contribution is 9.10. The van der Waals surface area contributed by atoms with Crippen molar-refractivity contribution in [2.24, 2.45) is 0 Å². The first-order chi connectivity index (χ1) is 5.68. The molecule has 0 amide bonds. The van der Waals surface area contributed by atoms with E-state index in [-0.39, 0.29) is 11.7 Å². The van der Waals surface area contributed by atoms with Crippen LogP contribution in [0.4, 0.5) is 5.82 Å². The van der Waals surface area contributed by atoms with Crippen molar-refractivity contribution >= 4 is 27.4 Å². The molecule has 0 aromatic carbocycles. The predicted octanol–water partition coefficient (Wildman–Crippen LogP) is 0.780. The van der Waals surface area contributed by atoms with E-state index < -0.39 is 0 Å². The van der Waals surface area contributed by atoms with Gasteiger partial charge in [-0.2, -0.15) is 4.98 Å². The third kappa shape index (κ3) is 0.918. The van der Waals surface area contributed by atoms with Crippen LogP contribution in [0, 0.1) is 0 Å². The maximum Gasteiger partial charge on any atom is 0.230 e. The van der Waals surface area contributed by atoms with Crippen LogP contribution in [0.5, 0.6) is 5.88 Å². The Morgan fingerprint density at radius 2 is 2.33 bits per heavy atom. The molecule has 0 unspecified atom stereocenters. The molecule has 0 aliphatic carbocycles. The molecular weight excluding hydrogens is 224 g/mol. The second-order valence-electron chi connectivity index (χ2n) is 2.26. The van der Waals surface area contributed by atoms with Crippen molar-refractivity contribution in [3.63, 3.8) is 0 Å². The molecule has 0 atom stereocenters. The fourth-order valence-corrected chi connectivity index (χ4v) is 1.34. The second-order valence-corrected chi connectivity index (χ2v) is 3.07. The van der Waals surface area contributed by atoms with Gasteiger partial charge in [-0.3, -0.25) is 4.40 Å². The van der Waals surface area contributed by atoms with Crippen LogP contribution in [0.1, 0.15) is 0 Å². The summed E-state index contributed by atoms with van der Waals surface area (Å²) in [5.74, 6) is 0.0828. The number of nitrogen functional groups attached to an aromatic ring is 1. The van der Waals surface area contributed by atoms with E-state index in [0.29, 0.717) is 5.65 Å². The summed E-state index contributed by atoms with van der Waals surface area (Å²) in [7, 11) is 0. The van der Waals surface area contributed by atoms with Crippen molar-refractivity contribution in [2.45, 2.75) is 0 Å². The Balaban J connectivity index is 2.92. The molecule has 0 aliphatic heterocycles. The van der Waals surface area contributed by atoms with E-state index in [4.69, 9.17) is 10.8 Å². The van der Waals surface area contributed by atoms with Gasteiger partial charge in [0.05, 0.1) is 12.4 Å². The summed E-state index contributed by atoms with van der Waals surface area (Å²) < 4.78 is 2.33. The first-order valence-electron chi connectivity index (χ1n) is 3.16. The molecule has 2 aromatic heterocycles. The number of fused-ring (bicyclic) bond motifs is 1. The Morgan fingerprint density at radius 1 is 1.58 bits per heavy atom. The van der Waals surface area contributed by atoms with Gasteiger partial charge >= 0.3 is 0 Å². The lowest BCUT2D eigenvalue weighted by Gasteiger charge is -1.98. The summed E-state index contributed by atoms with van der Waals surface area (Å²) in [5, 5.41) is 9.09. The highest BCUT2D eigenvalue weighted by Crippen LogP contribution is 2.19. The van der Waals surface area contributed by atoms with E-state index in [1.165, 1.54) is 6.20 Å². The molecule has 62 valence electrons. The maximum absolute atomic E-state index is 9.09. The summed E-state index contributed by atoms with van der Waals surface area (Å²) >= 11 is 3.24. The van der Waals surface area contributed by atoms with Crippen molar-refractivity contribution in [1.82, 2.24) is 14.4 Å². The van der Waals surface area contributed by atoms with Crippen LogP contribution in [0.3, 0.4) is 0 Å². The second kappa shape index (κ2) is 2.34. The number of anilines is 1. The maximum atomic E-state index is 9.09. The highest BCUT2D eigenvalue weighted by Gasteiger charge is 2.05. The molecule has 6 heteroatoms. The summed E-state index contributed by atoms with van der Waals surface area (Å²) in [4.78, 5) is 7.62. The number of nitrogens with two attached hydrogens (primary N) is 1. The number of nitrogens with zero attached hydrogens (tertiary/aromatic N) is 3. The van der Waals surface area contributed by atoms with E-state index >= 15 is 0 Å². The summed E-state index contributed by atoms with van der Waals surface area (Å²) in [5.41, 5.74) is 6.02. The lowest BCUT2D eigenvalue weighted by Crippen LogP contribution is -1.96. The number of aromatic hydroxyl groups is 1. The molecule has 0 fully saturated rings. The SMILES string of the molecule is Nc1nc(O)cn2c(Br)cnc12. The smallest absolute Gasteiger partial charge is 0.230 e. The van der Waals surface area contributed by atoms with E-state index in [0.717, 1.165) is 4.60 Å². The summed E-state index contributed by atoms with van der Waals surface area (Å²) in [6.45, 7) is 0. The molecule has 0 radical (unpaired) electrons. The van der Waals surface area contributed by atoms with Crippen LogP contribution < -0.4 is 5.73 Å². The minimum absolute atomic E-state index is 0.126. The van der Waals surface area contributed by atoms with Gasteiger partial charge in [-0.05, 0) is 15.9 Å². The average Bonchev–Trinajstić information content (AvgIpc) is 2.33. The molecule has 12 heavy (non-hydrogen) atoms. The number of hydrogen-bond donors (Lipinski definition) is 2. The van der Waals surface area contributed by atoms with Gasteiger partial charge in [0.25, 0.3) is 0 Å². The number of hydrogen-bond acceptors (Lipinski definition) is 4. The average molecular weight is 229 g/mol. The van der Waals surface area contributed by atoms with Crippen LogP contribution in [0.2, 0.25) is 0 Å². The highest BCUT2D eigenvalue weighted by atomic mass is 79.9. The monoisotopic (exact) mass is 228 g/mol. The third-order valence-electron chi connectivity index (χ3n) is 1.46. The van der Waals surface area contributed by atoms with E-state index in [2.05, 4.69) is 25.9 Å². The molecule has 2 rings (SSSR count). The standard InChI is InChI=1S/C6H5BrN4O/c7-3-1-9-6-5(8)10-4(12)2-11(3)6/h1-2,12H,(H2,8,10). The zero-order valence-electron chi connectivity index (χ0n) is 5.90. The van der Waals surface area contributed by atoms with Crippen molar-refractivity contribution < 1.29 is 5.11 Å². The van der Waals surface area contributed by atoms with Gasteiger partial charge in [-0.1, -0.05) is 0 Å². The number of halogens is 1. The normalized spacial score (nSPS) is 10.8. The Morgan fingerprint density at radius 3 is 3.08 bits per heavy atom. The van der Waals surface area contributed by atoms with Crippen molar-refractivity contribution in [3.05, 3.63) is 17.0 Å². The zero-order chi connectivity index (χ0) is 8.72. The summed E-state index contributed by atoms with van der Waals surface area (Å²) in [6.07, 6.45) is 3.02. The minimum atomic E-state index is -0.126. The van der Waals surface area contributed by atoms with E-state index in [1.807, 2.05) is 0 Å². The Kier molecular flexibility index (Phi) is 1.44. The molecule has 0 bridgehead atoms. The topological polar surface area (TPSA) is 76.4 Å². The molecule has 3 N–H and O–H groups in total. The van der Waals surface area contributed by atoms with Gasteiger partial charge in [0, 0.05) is 0 Å². The van der Waals surface area contributed by atoms with Gasteiger partial charge in [0.15, 0.2) is 11.5 Å². The molecule has 2 heterocycles. The van der Waals surface area contributed by atoms with Crippen molar-refractivity contribution in [2.75, 3.05) is 5.73 Å². The van der Waals surface area contributed by atoms with Crippen LogP contribution in [0.25, 0.3) is 5.65 Å². The molecule has 0 aliphatic rings. The largest absolute Gasteiger partial charge is 0.492 e. The van der Waals surface area contributed by atoms with Crippen LogP contribution >= 0.6 is 15.9 Å². The van der Waals surface area contributed by atoms with Crippen LogP contribution in [-0.4, -0.2) is 19.5 Å². The van der Waals surface area contributed by atoms with Crippen molar-refractivity contribution in [3.8, 4) is 5.88 Å². The van der Waals surface area contributed by atoms with Gasteiger partial charge < -0.3 is 10.8 Å². The quantitative estimate of drug-likeness (QED) is 0.699. The number of aromatic nitrogens is 3. The third-order valence-corrected chi connectivity index (χ3v) is 2.05. The van der Waals surface area contributed by atoms with Crippen LogP contribution in [0.15, 0.2) is 17.0 Å². The van der Waals surface area contributed by atoms with Crippen LogP contribution in [-0.2, 0) is 0 Å². The molecule has 5 nitrogen and oxygen atoms in total. The number of rotatable bonds is 0. The van der Waals surface area contributed by atoms with E-state index in [9.17, 15) is 0 Å². The Hall–Kier alpha value is -1.30.